The molecule has 9 heteroatoms. The number of likely N-dealkylation sites (N-methyl/N-ethyl adjacent to an activating group) is 1. The van der Waals surface area contributed by atoms with Gasteiger partial charge in [0.25, 0.3) is 5.56 Å². The number of hydrogen-bond donors (Lipinski definition) is 3. The summed E-state index contributed by atoms with van der Waals surface area (Å²) < 4.78 is 0. The van der Waals surface area contributed by atoms with Gasteiger partial charge in [0, 0.05) is 11.4 Å². The Hall–Kier alpha value is -1.87. The molecule has 0 saturated carbocycles. The highest BCUT2D eigenvalue weighted by atomic mass is 32.2. The largest absolute Gasteiger partial charge is 0.355 e. The van der Waals surface area contributed by atoms with Gasteiger partial charge in [0.15, 0.2) is 5.16 Å². The second-order valence-corrected chi connectivity index (χ2v) is 8.28. The lowest BCUT2D eigenvalue weighted by Crippen LogP contribution is -2.45. The number of rotatable bonds is 6. The van der Waals surface area contributed by atoms with E-state index in [0.29, 0.717) is 17.1 Å². The number of carbonyl (C=O) groups is 2. The van der Waals surface area contributed by atoms with E-state index in [-0.39, 0.29) is 23.1 Å². The molecule has 0 aliphatic heterocycles. The van der Waals surface area contributed by atoms with Crippen molar-refractivity contribution in [1.29, 1.82) is 0 Å². The van der Waals surface area contributed by atoms with Crippen LogP contribution in [0.25, 0.3) is 10.2 Å². The third-order valence-electron chi connectivity index (χ3n) is 4.27. The maximum absolute atomic E-state index is 12.5. The molecule has 0 bridgehead atoms. The number of amides is 2. The summed E-state index contributed by atoms with van der Waals surface area (Å²) in [5.41, 5.74) is 1.02. The van der Waals surface area contributed by atoms with Crippen LogP contribution in [0.5, 0.6) is 0 Å². The molecule has 0 unspecified atom stereocenters. The highest BCUT2D eigenvalue weighted by molar-refractivity contribution is 7.99. The number of carbonyl (C=O) groups excluding carboxylic acids is 2. The van der Waals surface area contributed by atoms with Crippen LogP contribution in [0.15, 0.2) is 9.95 Å². The Kier molecular flexibility index (Phi) is 5.98. The number of nitrogens with one attached hydrogen (secondary N) is 3. The lowest BCUT2D eigenvalue weighted by atomic mass is 9.97. The number of thiophene rings is 1. The van der Waals surface area contributed by atoms with Crippen molar-refractivity contribution in [3.63, 3.8) is 0 Å². The number of thioether (sulfide) groups is 1. The van der Waals surface area contributed by atoms with Crippen molar-refractivity contribution in [3.05, 3.63) is 20.8 Å². The molecular weight excluding hydrogens is 372 g/mol. The molecule has 7 nitrogen and oxygen atoms in total. The first kappa shape index (κ1) is 18.9. The van der Waals surface area contributed by atoms with Crippen LogP contribution >= 0.6 is 23.1 Å². The molecule has 0 aromatic carbocycles. The van der Waals surface area contributed by atoms with E-state index in [0.717, 1.165) is 36.1 Å². The fourth-order valence-electron chi connectivity index (χ4n) is 3.02. The molecule has 0 fully saturated rings. The molecule has 2 aromatic heterocycles. The summed E-state index contributed by atoms with van der Waals surface area (Å²) in [5.74, 6) is -0.409. The Morgan fingerprint density at radius 3 is 2.88 bits per heavy atom. The van der Waals surface area contributed by atoms with Crippen LogP contribution in [-0.4, -0.2) is 40.1 Å². The summed E-state index contributed by atoms with van der Waals surface area (Å²) in [6, 6.07) is -0.596. The molecule has 140 valence electrons. The molecule has 3 N–H and O–H groups in total. The quantitative estimate of drug-likeness (QED) is 0.510. The topological polar surface area (TPSA) is 104 Å². The van der Waals surface area contributed by atoms with E-state index in [9.17, 15) is 14.4 Å². The zero-order valence-corrected chi connectivity index (χ0v) is 16.4. The molecule has 26 heavy (non-hydrogen) atoms. The van der Waals surface area contributed by atoms with Gasteiger partial charge in [0.1, 0.15) is 10.9 Å². The van der Waals surface area contributed by atoms with Gasteiger partial charge in [-0.2, -0.15) is 0 Å². The van der Waals surface area contributed by atoms with Crippen molar-refractivity contribution >= 4 is 45.1 Å². The minimum atomic E-state index is -0.596. The standard InChI is InChI=1S/C17H22N4O3S2/c1-3-18-14(23)9(2)19-12(22)8-25-17-20-15(24)13-10-6-4-5-7-11(10)26-16(13)21-17/h9H,3-8H2,1-2H3,(H,18,23)(H,19,22)(H,20,21,24)/t9-/m0/s1. The van der Waals surface area contributed by atoms with E-state index in [1.54, 1.807) is 18.3 Å². The summed E-state index contributed by atoms with van der Waals surface area (Å²) in [7, 11) is 0. The maximum atomic E-state index is 12.5. The van der Waals surface area contributed by atoms with Gasteiger partial charge in [-0.1, -0.05) is 11.8 Å². The molecule has 3 rings (SSSR count). The Labute approximate surface area is 159 Å². The number of fused-ring (bicyclic) bond motifs is 3. The van der Waals surface area contributed by atoms with E-state index >= 15 is 0 Å². The molecule has 0 radical (unpaired) electrons. The Bertz CT molecular complexity index is 890. The highest BCUT2D eigenvalue weighted by Gasteiger charge is 2.20. The number of hydrogen-bond acceptors (Lipinski definition) is 6. The van der Waals surface area contributed by atoms with E-state index in [1.807, 2.05) is 6.92 Å². The molecule has 0 saturated heterocycles. The zero-order valence-electron chi connectivity index (χ0n) is 14.8. The normalized spacial score (nSPS) is 14.7. The van der Waals surface area contributed by atoms with Crippen LogP contribution in [0.2, 0.25) is 0 Å². The van der Waals surface area contributed by atoms with Crippen LogP contribution in [0.4, 0.5) is 0 Å². The van der Waals surface area contributed by atoms with Crippen molar-refractivity contribution in [3.8, 4) is 0 Å². The van der Waals surface area contributed by atoms with E-state index in [2.05, 4.69) is 20.6 Å². The van der Waals surface area contributed by atoms with Crippen molar-refractivity contribution in [2.24, 2.45) is 0 Å². The average molecular weight is 395 g/mol. The average Bonchev–Trinajstić information content (AvgIpc) is 2.99. The molecular formula is C17H22N4O3S2. The van der Waals surface area contributed by atoms with Gasteiger partial charge in [-0.25, -0.2) is 4.98 Å². The van der Waals surface area contributed by atoms with Crippen molar-refractivity contribution in [1.82, 2.24) is 20.6 Å². The molecule has 1 aliphatic carbocycles. The van der Waals surface area contributed by atoms with Crippen LogP contribution in [-0.2, 0) is 22.4 Å². The minimum Gasteiger partial charge on any atom is -0.355 e. The molecule has 2 amide bonds. The van der Waals surface area contributed by atoms with Crippen LogP contribution in [0.1, 0.15) is 37.1 Å². The van der Waals surface area contributed by atoms with Gasteiger partial charge in [-0.3, -0.25) is 14.4 Å². The SMILES string of the molecule is CCNC(=O)[C@H](C)NC(=O)CSc1nc2sc3c(c2c(=O)[nH]1)CCCC3. The first-order valence-corrected chi connectivity index (χ1v) is 10.5. The summed E-state index contributed by atoms with van der Waals surface area (Å²) in [6.45, 7) is 3.97. The fourth-order valence-corrected chi connectivity index (χ4v) is 5.01. The monoisotopic (exact) mass is 394 g/mol. The third kappa shape index (κ3) is 4.09. The number of aromatic nitrogens is 2. The van der Waals surface area contributed by atoms with Crippen LogP contribution in [0, 0.1) is 0 Å². The molecule has 1 atom stereocenters. The summed E-state index contributed by atoms with van der Waals surface area (Å²) in [6.07, 6.45) is 4.22. The minimum absolute atomic E-state index is 0.0866. The van der Waals surface area contributed by atoms with Gasteiger partial charge in [0.2, 0.25) is 11.8 Å². The fraction of sp³-hybridized carbons (Fsp3) is 0.529. The predicted molar refractivity (Wildman–Crippen MR) is 104 cm³/mol. The molecule has 1 aliphatic rings. The lowest BCUT2D eigenvalue weighted by Gasteiger charge is -2.12. The Morgan fingerprint density at radius 2 is 2.12 bits per heavy atom. The second-order valence-electron chi connectivity index (χ2n) is 6.23. The van der Waals surface area contributed by atoms with E-state index in [4.69, 9.17) is 0 Å². The highest BCUT2D eigenvalue weighted by Crippen LogP contribution is 2.34. The van der Waals surface area contributed by atoms with Crippen molar-refractivity contribution in [2.45, 2.75) is 50.7 Å². The molecule has 0 spiro atoms. The van der Waals surface area contributed by atoms with Crippen molar-refractivity contribution in [2.75, 3.05) is 12.3 Å². The predicted octanol–water partition coefficient (Wildman–Crippen LogP) is 1.60. The van der Waals surface area contributed by atoms with Crippen molar-refractivity contribution < 1.29 is 9.59 Å². The first-order chi connectivity index (χ1) is 12.5. The summed E-state index contributed by atoms with van der Waals surface area (Å²) in [5, 5.41) is 6.44. The first-order valence-electron chi connectivity index (χ1n) is 8.74. The van der Waals surface area contributed by atoms with Gasteiger partial charge in [-0.15, -0.1) is 11.3 Å². The van der Waals surface area contributed by atoms with Gasteiger partial charge in [-0.05, 0) is 45.1 Å². The second kappa shape index (κ2) is 8.22. The number of H-pyrrole nitrogens is 1. The molecule has 2 aromatic rings. The number of aromatic amines is 1. The Balaban J connectivity index is 1.67. The van der Waals surface area contributed by atoms with Gasteiger partial charge < -0.3 is 15.6 Å². The maximum Gasteiger partial charge on any atom is 0.260 e. The number of nitrogens with zero attached hydrogens (tertiary/aromatic N) is 1. The van der Waals surface area contributed by atoms with E-state index in [1.165, 1.54) is 16.6 Å². The van der Waals surface area contributed by atoms with Gasteiger partial charge >= 0.3 is 0 Å². The van der Waals surface area contributed by atoms with Gasteiger partial charge in [0.05, 0.1) is 11.1 Å². The zero-order chi connectivity index (χ0) is 18.7. The third-order valence-corrected chi connectivity index (χ3v) is 6.32. The summed E-state index contributed by atoms with van der Waals surface area (Å²) in [4.78, 5) is 45.4. The number of aryl methyl sites for hydroxylation is 2. The lowest BCUT2D eigenvalue weighted by molar-refractivity contribution is -0.127. The van der Waals surface area contributed by atoms with E-state index < -0.39 is 6.04 Å². The van der Waals surface area contributed by atoms with Crippen LogP contribution in [0.3, 0.4) is 0 Å². The smallest absolute Gasteiger partial charge is 0.260 e. The summed E-state index contributed by atoms with van der Waals surface area (Å²) >= 11 is 2.75. The Morgan fingerprint density at radius 1 is 1.35 bits per heavy atom. The van der Waals surface area contributed by atoms with Crippen LogP contribution < -0.4 is 16.2 Å². The molecule has 2 heterocycles.